The van der Waals surface area contributed by atoms with Gasteiger partial charge in [0, 0.05) is 24.3 Å². The quantitative estimate of drug-likeness (QED) is 0.709. The van der Waals surface area contributed by atoms with E-state index >= 15 is 0 Å². The van der Waals surface area contributed by atoms with Crippen LogP contribution in [0.25, 0.3) is 0 Å². The molecule has 2 N–H and O–H groups in total. The number of carbonyl (C=O) groups excluding carboxylic acids is 2. The third-order valence-electron chi connectivity index (χ3n) is 4.90. The van der Waals surface area contributed by atoms with Crippen molar-refractivity contribution in [2.24, 2.45) is 0 Å². The zero-order valence-corrected chi connectivity index (χ0v) is 17.4. The minimum atomic E-state index is -0.305. The number of rotatable bonds is 6. The minimum Gasteiger partial charge on any atom is -0.326 e. The summed E-state index contributed by atoms with van der Waals surface area (Å²) in [6.07, 6.45) is 6.05. The number of thioether (sulfide) groups is 1. The van der Waals surface area contributed by atoms with Gasteiger partial charge in [-0.25, -0.2) is 0 Å². The van der Waals surface area contributed by atoms with Crippen LogP contribution >= 0.6 is 11.8 Å². The Bertz CT molecular complexity index is 828. The summed E-state index contributed by atoms with van der Waals surface area (Å²) in [6.45, 7) is 5.32. The standard InChI is InChI=1S/C20H27N5O2S/c1-13(19(27)22-17-11-9-16(10-12-17)21-15(3)26)28-20-24-23-14(2)25(20)18-7-5-4-6-8-18/h9-13,18H,4-8H2,1-3H3,(H,21,26)(H,22,27)/t13-/m0/s1. The van der Waals surface area contributed by atoms with Crippen molar-refractivity contribution in [2.45, 2.75) is 69.3 Å². The van der Waals surface area contributed by atoms with E-state index < -0.39 is 0 Å². The van der Waals surface area contributed by atoms with Crippen molar-refractivity contribution in [1.29, 1.82) is 0 Å². The van der Waals surface area contributed by atoms with Crippen molar-refractivity contribution >= 4 is 35.0 Å². The van der Waals surface area contributed by atoms with Crippen LogP contribution < -0.4 is 10.6 Å². The molecule has 1 aromatic heterocycles. The molecule has 1 saturated carbocycles. The molecule has 0 unspecified atom stereocenters. The van der Waals surface area contributed by atoms with Crippen LogP contribution in [0.15, 0.2) is 29.4 Å². The second-order valence-electron chi connectivity index (χ2n) is 7.20. The maximum atomic E-state index is 12.6. The van der Waals surface area contributed by atoms with Crippen molar-refractivity contribution in [3.05, 3.63) is 30.1 Å². The smallest absolute Gasteiger partial charge is 0.237 e. The van der Waals surface area contributed by atoms with E-state index in [4.69, 9.17) is 0 Å². The lowest BCUT2D eigenvalue weighted by Gasteiger charge is -2.25. The lowest BCUT2D eigenvalue weighted by molar-refractivity contribution is -0.115. The fourth-order valence-electron chi connectivity index (χ4n) is 3.49. The molecule has 3 rings (SSSR count). The third-order valence-corrected chi connectivity index (χ3v) is 5.96. The Morgan fingerprint density at radius 1 is 1.07 bits per heavy atom. The maximum Gasteiger partial charge on any atom is 0.237 e. The number of hydrogen-bond donors (Lipinski definition) is 2. The van der Waals surface area contributed by atoms with Crippen LogP contribution in [0.3, 0.4) is 0 Å². The highest BCUT2D eigenvalue weighted by molar-refractivity contribution is 8.00. The van der Waals surface area contributed by atoms with E-state index in [1.165, 1.54) is 37.9 Å². The number of amides is 2. The highest BCUT2D eigenvalue weighted by Gasteiger charge is 2.24. The van der Waals surface area contributed by atoms with E-state index in [-0.39, 0.29) is 17.1 Å². The molecule has 1 aliphatic rings. The molecule has 2 aromatic rings. The number of aryl methyl sites for hydroxylation is 1. The van der Waals surface area contributed by atoms with Gasteiger partial charge in [0.25, 0.3) is 0 Å². The van der Waals surface area contributed by atoms with Gasteiger partial charge >= 0.3 is 0 Å². The summed E-state index contributed by atoms with van der Waals surface area (Å²) in [6, 6.07) is 7.50. The predicted molar refractivity (Wildman–Crippen MR) is 112 cm³/mol. The number of nitrogens with one attached hydrogen (secondary N) is 2. The molecule has 0 bridgehead atoms. The summed E-state index contributed by atoms with van der Waals surface area (Å²) in [5, 5.41) is 14.7. The highest BCUT2D eigenvalue weighted by Crippen LogP contribution is 2.33. The van der Waals surface area contributed by atoms with E-state index in [1.54, 1.807) is 24.3 Å². The zero-order valence-electron chi connectivity index (χ0n) is 16.6. The largest absolute Gasteiger partial charge is 0.326 e. The van der Waals surface area contributed by atoms with Crippen molar-refractivity contribution in [3.63, 3.8) is 0 Å². The van der Waals surface area contributed by atoms with E-state index in [0.717, 1.165) is 23.8 Å². The molecule has 1 heterocycles. The Balaban J connectivity index is 1.62. The first-order valence-corrected chi connectivity index (χ1v) is 10.6. The van der Waals surface area contributed by atoms with E-state index in [9.17, 15) is 9.59 Å². The summed E-state index contributed by atoms with van der Waals surface area (Å²) < 4.78 is 2.20. The molecule has 1 fully saturated rings. The molecule has 0 saturated heterocycles. The molecule has 150 valence electrons. The number of anilines is 2. The topological polar surface area (TPSA) is 88.9 Å². The number of nitrogens with zero attached hydrogens (tertiary/aromatic N) is 3. The molecule has 0 spiro atoms. The van der Waals surface area contributed by atoms with Crippen molar-refractivity contribution in [1.82, 2.24) is 14.8 Å². The van der Waals surface area contributed by atoms with Gasteiger partial charge in [-0.1, -0.05) is 31.0 Å². The first-order chi connectivity index (χ1) is 13.4. The van der Waals surface area contributed by atoms with Crippen LogP contribution in [0, 0.1) is 6.92 Å². The van der Waals surface area contributed by atoms with E-state index in [0.29, 0.717) is 17.4 Å². The number of aromatic nitrogens is 3. The van der Waals surface area contributed by atoms with Gasteiger partial charge in [-0.05, 0) is 51.0 Å². The SMILES string of the molecule is CC(=O)Nc1ccc(NC(=O)[C@H](C)Sc2nnc(C)n2C2CCCCC2)cc1. The van der Waals surface area contributed by atoms with Crippen LogP contribution in [0.1, 0.15) is 57.8 Å². The molecule has 1 aliphatic carbocycles. The Kier molecular flexibility index (Phi) is 6.72. The first kappa shape index (κ1) is 20.4. The van der Waals surface area contributed by atoms with Crippen LogP contribution in [-0.2, 0) is 9.59 Å². The summed E-state index contributed by atoms with van der Waals surface area (Å²) in [7, 11) is 0. The molecule has 28 heavy (non-hydrogen) atoms. The van der Waals surface area contributed by atoms with E-state index in [1.807, 2.05) is 13.8 Å². The normalized spacial score (nSPS) is 15.8. The maximum absolute atomic E-state index is 12.6. The van der Waals surface area contributed by atoms with Gasteiger partial charge in [-0.15, -0.1) is 10.2 Å². The predicted octanol–water partition coefficient (Wildman–Crippen LogP) is 4.17. The number of carbonyl (C=O) groups is 2. The van der Waals surface area contributed by atoms with Gasteiger partial charge < -0.3 is 15.2 Å². The molecular formula is C20H27N5O2S. The number of benzene rings is 1. The van der Waals surface area contributed by atoms with E-state index in [2.05, 4.69) is 25.4 Å². The van der Waals surface area contributed by atoms with Crippen LogP contribution in [0.4, 0.5) is 11.4 Å². The molecule has 1 atom stereocenters. The molecule has 0 aliphatic heterocycles. The number of hydrogen-bond acceptors (Lipinski definition) is 5. The summed E-state index contributed by atoms with van der Waals surface area (Å²) in [4.78, 5) is 23.7. The third kappa shape index (κ3) is 5.13. The van der Waals surface area contributed by atoms with Crippen LogP contribution in [0.5, 0.6) is 0 Å². The average molecular weight is 402 g/mol. The van der Waals surface area contributed by atoms with Crippen molar-refractivity contribution < 1.29 is 9.59 Å². The lowest BCUT2D eigenvalue weighted by atomic mass is 9.95. The Morgan fingerprint density at radius 2 is 1.68 bits per heavy atom. The molecular weight excluding hydrogens is 374 g/mol. The van der Waals surface area contributed by atoms with Crippen molar-refractivity contribution in [2.75, 3.05) is 10.6 Å². The zero-order chi connectivity index (χ0) is 20.1. The lowest BCUT2D eigenvalue weighted by Crippen LogP contribution is -2.23. The first-order valence-electron chi connectivity index (χ1n) is 9.70. The molecule has 7 nitrogen and oxygen atoms in total. The summed E-state index contributed by atoms with van der Waals surface area (Å²) in [5.41, 5.74) is 1.39. The average Bonchev–Trinajstić information content (AvgIpc) is 3.03. The monoisotopic (exact) mass is 401 g/mol. The fourth-order valence-corrected chi connectivity index (χ4v) is 4.45. The molecule has 2 amide bonds. The second kappa shape index (κ2) is 9.23. The Hall–Kier alpha value is -2.35. The second-order valence-corrected chi connectivity index (χ2v) is 8.51. The Morgan fingerprint density at radius 3 is 2.29 bits per heavy atom. The molecule has 8 heteroatoms. The molecule has 0 radical (unpaired) electrons. The van der Waals surface area contributed by atoms with Gasteiger partial charge in [0.05, 0.1) is 5.25 Å². The van der Waals surface area contributed by atoms with Gasteiger partial charge in [0.15, 0.2) is 5.16 Å². The molecule has 1 aromatic carbocycles. The van der Waals surface area contributed by atoms with Crippen LogP contribution in [-0.4, -0.2) is 31.8 Å². The Labute approximate surface area is 169 Å². The summed E-state index contributed by atoms with van der Waals surface area (Å²) in [5.74, 6) is 0.697. The van der Waals surface area contributed by atoms with Crippen LogP contribution in [0.2, 0.25) is 0 Å². The van der Waals surface area contributed by atoms with Gasteiger partial charge in [-0.3, -0.25) is 9.59 Å². The highest BCUT2D eigenvalue weighted by atomic mass is 32.2. The minimum absolute atomic E-state index is 0.0897. The summed E-state index contributed by atoms with van der Waals surface area (Å²) >= 11 is 1.44. The van der Waals surface area contributed by atoms with Gasteiger partial charge in [-0.2, -0.15) is 0 Å². The van der Waals surface area contributed by atoms with Crippen molar-refractivity contribution in [3.8, 4) is 0 Å². The fraction of sp³-hybridized carbons (Fsp3) is 0.500. The van der Waals surface area contributed by atoms with Gasteiger partial charge in [0.1, 0.15) is 5.82 Å². The van der Waals surface area contributed by atoms with Gasteiger partial charge in [0.2, 0.25) is 11.8 Å².